The highest BCUT2D eigenvalue weighted by atomic mass is 32.2. The molecule has 1 amide bonds. The number of hydrogen-bond acceptors (Lipinski definition) is 5. The second-order valence-electron chi connectivity index (χ2n) is 5.85. The molecule has 0 spiro atoms. The summed E-state index contributed by atoms with van der Waals surface area (Å²) in [5.41, 5.74) is 0.868. The number of piperidine rings is 1. The number of carbonyl (C=O) groups excluding carboxylic acids is 2. The molecule has 1 aliphatic heterocycles. The maximum atomic E-state index is 12.2. The fraction of sp³-hybridized carbons (Fsp3) is 0.556. The van der Waals surface area contributed by atoms with Crippen molar-refractivity contribution in [3.8, 4) is 0 Å². The van der Waals surface area contributed by atoms with Gasteiger partial charge in [-0.2, -0.15) is 0 Å². The minimum Gasteiger partial charge on any atom is -0.466 e. The Bertz CT molecular complexity index is 529. The molecule has 1 atom stereocenters. The molecular formula is C18H25NO4S. The zero-order chi connectivity index (χ0) is 17.4. The smallest absolute Gasteiger partial charge is 0.309 e. The highest BCUT2D eigenvalue weighted by Crippen LogP contribution is 2.21. The van der Waals surface area contributed by atoms with Gasteiger partial charge in [0.1, 0.15) is 0 Å². The van der Waals surface area contributed by atoms with Gasteiger partial charge in [0.25, 0.3) is 0 Å². The lowest BCUT2D eigenvalue weighted by Crippen LogP contribution is -2.41. The highest BCUT2D eigenvalue weighted by Gasteiger charge is 2.28. The average Bonchev–Trinajstić information content (AvgIpc) is 2.62. The highest BCUT2D eigenvalue weighted by molar-refractivity contribution is 7.99. The molecule has 1 N–H and O–H groups in total. The summed E-state index contributed by atoms with van der Waals surface area (Å²) in [4.78, 5) is 25.7. The van der Waals surface area contributed by atoms with Crippen molar-refractivity contribution < 1.29 is 19.4 Å². The molecule has 1 unspecified atom stereocenters. The van der Waals surface area contributed by atoms with Crippen LogP contribution in [-0.4, -0.2) is 53.1 Å². The van der Waals surface area contributed by atoms with E-state index in [1.165, 1.54) is 11.8 Å². The van der Waals surface area contributed by atoms with Gasteiger partial charge < -0.3 is 14.7 Å². The van der Waals surface area contributed by atoms with E-state index < -0.39 is 6.10 Å². The van der Waals surface area contributed by atoms with Crippen LogP contribution in [0, 0.1) is 5.92 Å². The maximum absolute atomic E-state index is 12.2. The van der Waals surface area contributed by atoms with E-state index in [9.17, 15) is 14.7 Å². The van der Waals surface area contributed by atoms with Gasteiger partial charge in [0.05, 0.1) is 24.4 Å². The summed E-state index contributed by atoms with van der Waals surface area (Å²) in [5.74, 6) is 0.692. The normalized spacial score (nSPS) is 16.7. The summed E-state index contributed by atoms with van der Waals surface area (Å²) >= 11 is 1.44. The molecule has 24 heavy (non-hydrogen) atoms. The third-order valence-corrected chi connectivity index (χ3v) is 5.16. The number of esters is 1. The van der Waals surface area contributed by atoms with E-state index in [4.69, 9.17) is 4.74 Å². The van der Waals surface area contributed by atoms with Crippen LogP contribution >= 0.6 is 11.8 Å². The third kappa shape index (κ3) is 5.53. The van der Waals surface area contributed by atoms with Gasteiger partial charge in [-0.05, 0) is 25.3 Å². The minimum absolute atomic E-state index is 0.0718. The molecule has 0 aliphatic carbocycles. The van der Waals surface area contributed by atoms with Crippen molar-refractivity contribution in [1.29, 1.82) is 0 Å². The Morgan fingerprint density at radius 2 is 1.96 bits per heavy atom. The number of ether oxygens (including phenoxy) is 1. The first-order valence-electron chi connectivity index (χ1n) is 8.37. The molecule has 1 aliphatic rings. The molecule has 1 aromatic rings. The number of rotatable bonds is 7. The van der Waals surface area contributed by atoms with Gasteiger partial charge in [-0.15, -0.1) is 11.8 Å². The number of hydrogen-bond donors (Lipinski definition) is 1. The molecule has 1 saturated heterocycles. The molecule has 2 rings (SSSR count). The van der Waals surface area contributed by atoms with Gasteiger partial charge in [0.15, 0.2) is 0 Å². The van der Waals surface area contributed by atoms with Crippen LogP contribution in [0.3, 0.4) is 0 Å². The van der Waals surface area contributed by atoms with E-state index in [1.807, 2.05) is 30.3 Å². The predicted molar refractivity (Wildman–Crippen MR) is 94.7 cm³/mol. The molecular weight excluding hydrogens is 326 g/mol. The largest absolute Gasteiger partial charge is 0.466 e. The third-order valence-electron chi connectivity index (χ3n) is 4.15. The Labute approximate surface area is 147 Å². The van der Waals surface area contributed by atoms with E-state index in [0.717, 1.165) is 5.56 Å². The van der Waals surface area contributed by atoms with Crippen molar-refractivity contribution in [2.45, 2.75) is 25.9 Å². The molecule has 6 heteroatoms. The Hall–Kier alpha value is -1.53. The fourth-order valence-electron chi connectivity index (χ4n) is 2.75. The van der Waals surface area contributed by atoms with E-state index in [2.05, 4.69) is 0 Å². The van der Waals surface area contributed by atoms with Crippen LogP contribution in [0.4, 0.5) is 0 Å². The molecule has 5 nitrogen and oxygen atoms in total. The SMILES string of the molecule is CCOC(=O)C1CCN(C(=O)CSCC(O)c2ccccc2)CC1. The second kappa shape index (κ2) is 9.69. The molecule has 0 bridgehead atoms. The lowest BCUT2D eigenvalue weighted by Gasteiger charge is -2.30. The van der Waals surface area contributed by atoms with E-state index in [1.54, 1.807) is 11.8 Å². The summed E-state index contributed by atoms with van der Waals surface area (Å²) < 4.78 is 5.04. The molecule has 1 heterocycles. The van der Waals surface area contributed by atoms with Crippen molar-refractivity contribution in [2.24, 2.45) is 5.92 Å². The van der Waals surface area contributed by atoms with Gasteiger partial charge in [0.2, 0.25) is 5.91 Å². The zero-order valence-corrected chi connectivity index (χ0v) is 14.8. The Kier molecular flexibility index (Phi) is 7.59. The quantitative estimate of drug-likeness (QED) is 0.763. The van der Waals surface area contributed by atoms with Gasteiger partial charge in [-0.1, -0.05) is 30.3 Å². The van der Waals surface area contributed by atoms with Crippen molar-refractivity contribution in [3.05, 3.63) is 35.9 Å². The lowest BCUT2D eigenvalue weighted by molar-refractivity contribution is -0.151. The topological polar surface area (TPSA) is 66.8 Å². The van der Waals surface area contributed by atoms with Crippen LogP contribution in [0.5, 0.6) is 0 Å². The van der Waals surface area contributed by atoms with Gasteiger partial charge in [-0.25, -0.2) is 0 Å². The number of aliphatic hydroxyl groups excluding tert-OH is 1. The Morgan fingerprint density at radius 1 is 1.29 bits per heavy atom. The first-order chi connectivity index (χ1) is 11.6. The molecule has 1 fully saturated rings. The van der Waals surface area contributed by atoms with Crippen molar-refractivity contribution in [3.63, 3.8) is 0 Å². The molecule has 0 radical (unpaired) electrons. The number of nitrogens with zero attached hydrogens (tertiary/aromatic N) is 1. The first kappa shape index (κ1) is 18.8. The number of amides is 1. The van der Waals surface area contributed by atoms with E-state index in [0.29, 0.717) is 44.0 Å². The summed E-state index contributed by atoms with van der Waals surface area (Å²) in [6.07, 6.45) is 0.780. The lowest BCUT2D eigenvalue weighted by atomic mass is 9.97. The standard InChI is InChI=1S/C18H25NO4S/c1-2-23-18(22)15-8-10-19(11-9-15)17(21)13-24-12-16(20)14-6-4-3-5-7-14/h3-7,15-16,20H,2,8-13H2,1H3. The number of benzene rings is 1. The van der Waals surface area contributed by atoms with Crippen molar-refractivity contribution in [2.75, 3.05) is 31.2 Å². The maximum Gasteiger partial charge on any atom is 0.309 e. The minimum atomic E-state index is -0.557. The van der Waals surface area contributed by atoms with E-state index in [-0.39, 0.29) is 17.8 Å². The Balaban J connectivity index is 1.68. The van der Waals surface area contributed by atoms with Crippen LogP contribution in [0.2, 0.25) is 0 Å². The van der Waals surface area contributed by atoms with Crippen molar-refractivity contribution in [1.82, 2.24) is 4.90 Å². The predicted octanol–water partition coefficient (Wildman–Crippen LogP) is 2.25. The van der Waals surface area contributed by atoms with Crippen LogP contribution in [0.25, 0.3) is 0 Å². The average molecular weight is 351 g/mol. The monoisotopic (exact) mass is 351 g/mol. The Morgan fingerprint density at radius 3 is 2.58 bits per heavy atom. The molecule has 0 saturated carbocycles. The van der Waals surface area contributed by atoms with Gasteiger partial charge in [0, 0.05) is 18.8 Å². The molecule has 132 valence electrons. The summed E-state index contributed by atoms with van der Waals surface area (Å²) in [6, 6.07) is 9.46. The van der Waals surface area contributed by atoms with Crippen LogP contribution in [0.15, 0.2) is 30.3 Å². The van der Waals surface area contributed by atoms with Crippen LogP contribution < -0.4 is 0 Å². The summed E-state index contributed by atoms with van der Waals surface area (Å²) in [5, 5.41) is 10.1. The first-order valence-corrected chi connectivity index (χ1v) is 9.52. The number of carbonyl (C=O) groups is 2. The second-order valence-corrected chi connectivity index (χ2v) is 6.88. The van der Waals surface area contributed by atoms with Gasteiger partial charge in [-0.3, -0.25) is 9.59 Å². The summed E-state index contributed by atoms with van der Waals surface area (Å²) in [6.45, 7) is 3.41. The number of aliphatic hydroxyl groups is 1. The van der Waals surface area contributed by atoms with Crippen molar-refractivity contribution >= 4 is 23.6 Å². The van der Waals surface area contributed by atoms with Gasteiger partial charge >= 0.3 is 5.97 Å². The molecule has 1 aromatic carbocycles. The number of thioether (sulfide) groups is 1. The van der Waals surface area contributed by atoms with Crippen LogP contribution in [-0.2, 0) is 14.3 Å². The molecule has 0 aromatic heterocycles. The summed E-state index contributed by atoms with van der Waals surface area (Å²) in [7, 11) is 0. The van der Waals surface area contributed by atoms with Crippen LogP contribution in [0.1, 0.15) is 31.4 Å². The number of likely N-dealkylation sites (tertiary alicyclic amines) is 1. The fourth-order valence-corrected chi connectivity index (χ4v) is 3.64. The zero-order valence-electron chi connectivity index (χ0n) is 14.0. The van der Waals surface area contributed by atoms with E-state index >= 15 is 0 Å².